The fourth-order valence-electron chi connectivity index (χ4n) is 3.37. The Morgan fingerprint density at radius 2 is 2.00 bits per heavy atom. The summed E-state index contributed by atoms with van der Waals surface area (Å²) in [6.45, 7) is 1.90. The third kappa shape index (κ3) is 5.68. The number of hydrogen-bond donors (Lipinski definition) is 2. The van der Waals surface area contributed by atoms with Gasteiger partial charge in [0.2, 0.25) is 5.91 Å². The molecule has 0 unspecified atom stereocenters. The molecule has 0 saturated carbocycles. The number of carbonyl (C=O) groups is 2. The summed E-state index contributed by atoms with van der Waals surface area (Å²) in [5.41, 5.74) is 0.995. The molecule has 1 saturated heterocycles. The first-order valence-corrected chi connectivity index (χ1v) is 9.90. The maximum Gasteiger partial charge on any atom is 0.251 e. The van der Waals surface area contributed by atoms with Crippen molar-refractivity contribution in [1.82, 2.24) is 15.2 Å². The molecular formula is C21H25ClN4O3. The molecule has 8 heteroatoms. The van der Waals surface area contributed by atoms with Crippen LogP contribution in [0.4, 0.5) is 5.82 Å². The highest BCUT2D eigenvalue weighted by atomic mass is 35.5. The summed E-state index contributed by atoms with van der Waals surface area (Å²) < 4.78 is 5.41. The predicted molar refractivity (Wildman–Crippen MR) is 113 cm³/mol. The van der Waals surface area contributed by atoms with Gasteiger partial charge in [-0.2, -0.15) is 0 Å². The molecule has 1 aliphatic heterocycles. The second-order valence-electron chi connectivity index (χ2n) is 7.12. The minimum absolute atomic E-state index is 0.00945. The molecule has 0 aliphatic carbocycles. The topological polar surface area (TPSA) is 83.6 Å². The maximum atomic E-state index is 12.9. The minimum atomic E-state index is -0.294. The zero-order valence-corrected chi connectivity index (χ0v) is 17.3. The highest BCUT2D eigenvalue weighted by Gasteiger charge is 2.23. The molecule has 0 spiro atoms. The van der Waals surface area contributed by atoms with E-state index in [1.807, 2.05) is 0 Å². The van der Waals surface area contributed by atoms with Crippen molar-refractivity contribution in [3.8, 4) is 5.75 Å². The average Bonchev–Trinajstić information content (AvgIpc) is 2.71. The maximum absolute atomic E-state index is 12.9. The van der Waals surface area contributed by atoms with Gasteiger partial charge in [-0.1, -0.05) is 17.7 Å². The van der Waals surface area contributed by atoms with Crippen LogP contribution in [0.5, 0.6) is 5.75 Å². The lowest BCUT2D eigenvalue weighted by molar-refractivity contribution is -0.115. The molecule has 0 atom stereocenters. The number of nitrogens with zero attached hydrogens (tertiary/aromatic N) is 2. The van der Waals surface area contributed by atoms with Crippen molar-refractivity contribution in [2.45, 2.75) is 25.3 Å². The number of piperidine rings is 1. The van der Waals surface area contributed by atoms with Gasteiger partial charge in [-0.25, -0.2) is 4.98 Å². The predicted octanol–water partition coefficient (Wildman–Crippen LogP) is 2.75. The summed E-state index contributed by atoms with van der Waals surface area (Å²) in [5, 5.41) is 6.30. The van der Waals surface area contributed by atoms with E-state index < -0.39 is 0 Å². The molecule has 2 heterocycles. The average molecular weight is 417 g/mol. The Kier molecular flexibility index (Phi) is 7.06. The first-order chi connectivity index (χ1) is 14.0. The lowest BCUT2D eigenvalue weighted by atomic mass is 10.00. The van der Waals surface area contributed by atoms with Crippen LogP contribution >= 0.6 is 11.6 Å². The van der Waals surface area contributed by atoms with Crippen LogP contribution in [0.25, 0.3) is 0 Å². The van der Waals surface area contributed by atoms with Crippen LogP contribution in [0, 0.1) is 0 Å². The minimum Gasteiger partial charge on any atom is -0.496 e. The number of halogens is 1. The highest BCUT2D eigenvalue weighted by Crippen LogP contribution is 2.24. The van der Waals surface area contributed by atoms with Crippen LogP contribution in [0.3, 0.4) is 0 Å². The number of pyridine rings is 1. The second kappa shape index (κ2) is 9.71. The Bertz CT molecular complexity index is 865. The van der Waals surface area contributed by atoms with Crippen LogP contribution in [-0.2, 0) is 11.2 Å². The van der Waals surface area contributed by atoms with Crippen LogP contribution in [0.1, 0.15) is 28.8 Å². The van der Waals surface area contributed by atoms with Crippen molar-refractivity contribution in [2.24, 2.45) is 0 Å². The third-order valence-electron chi connectivity index (χ3n) is 4.98. The van der Waals surface area contributed by atoms with Crippen molar-refractivity contribution in [1.29, 1.82) is 0 Å². The number of amides is 2. The van der Waals surface area contributed by atoms with Gasteiger partial charge in [0.05, 0.1) is 18.6 Å². The highest BCUT2D eigenvalue weighted by molar-refractivity contribution is 6.30. The molecular weight excluding hydrogens is 392 g/mol. The van der Waals surface area contributed by atoms with Gasteiger partial charge in [0.15, 0.2) is 0 Å². The Morgan fingerprint density at radius 1 is 1.24 bits per heavy atom. The van der Waals surface area contributed by atoms with Crippen molar-refractivity contribution < 1.29 is 14.3 Å². The van der Waals surface area contributed by atoms with Crippen LogP contribution in [-0.4, -0.2) is 55.0 Å². The number of likely N-dealkylation sites (tertiary alicyclic amines) is 1. The Morgan fingerprint density at radius 3 is 2.66 bits per heavy atom. The first-order valence-electron chi connectivity index (χ1n) is 9.53. The van der Waals surface area contributed by atoms with Gasteiger partial charge in [0.1, 0.15) is 11.6 Å². The van der Waals surface area contributed by atoms with Gasteiger partial charge >= 0.3 is 0 Å². The van der Waals surface area contributed by atoms with E-state index in [9.17, 15) is 9.59 Å². The Balaban J connectivity index is 1.73. The summed E-state index contributed by atoms with van der Waals surface area (Å²) in [5.74, 6) is 0.412. The van der Waals surface area contributed by atoms with E-state index >= 15 is 0 Å². The van der Waals surface area contributed by atoms with Gasteiger partial charge < -0.3 is 20.3 Å². The summed E-state index contributed by atoms with van der Waals surface area (Å²) in [6.07, 6.45) is 3.26. The van der Waals surface area contributed by atoms with Crippen LogP contribution in [0.2, 0.25) is 5.02 Å². The van der Waals surface area contributed by atoms with E-state index in [1.165, 1.54) is 13.3 Å². The molecule has 3 rings (SSSR count). The van der Waals surface area contributed by atoms with E-state index in [2.05, 4.69) is 27.6 Å². The molecule has 7 nitrogen and oxygen atoms in total. The molecule has 1 aromatic carbocycles. The van der Waals surface area contributed by atoms with Crippen LogP contribution in [0.15, 0.2) is 36.5 Å². The van der Waals surface area contributed by atoms with Gasteiger partial charge in [0.25, 0.3) is 5.91 Å². The van der Waals surface area contributed by atoms with Crippen LogP contribution < -0.4 is 15.4 Å². The molecule has 2 amide bonds. The van der Waals surface area contributed by atoms with Crippen molar-refractivity contribution in [3.05, 3.63) is 52.7 Å². The number of aromatic nitrogens is 1. The summed E-state index contributed by atoms with van der Waals surface area (Å²) in [6, 6.07) is 8.62. The summed E-state index contributed by atoms with van der Waals surface area (Å²) >= 11 is 5.82. The zero-order valence-electron chi connectivity index (χ0n) is 16.6. The van der Waals surface area contributed by atoms with E-state index in [0.717, 1.165) is 25.9 Å². The number of hydrogen-bond acceptors (Lipinski definition) is 5. The molecule has 154 valence electrons. The molecule has 0 bridgehead atoms. The smallest absolute Gasteiger partial charge is 0.251 e. The number of rotatable bonds is 6. The van der Waals surface area contributed by atoms with Gasteiger partial charge in [-0.15, -0.1) is 0 Å². The number of methoxy groups -OCH3 is 1. The van der Waals surface area contributed by atoms with Gasteiger partial charge in [0, 0.05) is 23.4 Å². The van der Waals surface area contributed by atoms with E-state index in [4.69, 9.17) is 16.3 Å². The van der Waals surface area contributed by atoms with Crippen molar-refractivity contribution >= 4 is 29.2 Å². The Labute approximate surface area is 175 Å². The first kappa shape index (κ1) is 21.1. The number of nitrogens with one attached hydrogen (secondary N) is 2. The largest absolute Gasteiger partial charge is 0.496 e. The van der Waals surface area contributed by atoms with Gasteiger partial charge in [-0.05, 0) is 57.2 Å². The number of benzene rings is 1. The molecule has 29 heavy (non-hydrogen) atoms. The molecule has 1 aromatic heterocycles. The summed E-state index contributed by atoms with van der Waals surface area (Å²) in [7, 11) is 3.60. The quantitative estimate of drug-likeness (QED) is 0.756. The van der Waals surface area contributed by atoms with E-state index in [1.54, 1.807) is 30.3 Å². The molecule has 2 N–H and O–H groups in total. The lowest BCUT2D eigenvalue weighted by Gasteiger charge is -2.29. The SMILES string of the molecule is COc1cccc(C(=O)NC2CCN(C)CC2)c1CC(=O)Nc1ccc(Cl)cn1. The molecule has 2 aromatic rings. The van der Waals surface area contributed by atoms with E-state index in [0.29, 0.717) is 27.7 Å². The molecule has 0 radical (unpaired) electrons. The van der Waals surface area contributed by atoms with E-state index in [-0.39, 0.29) is 24.3 Å². The fraction of sp³-hybridized carbons (Fsp3) is 0.381. The zero-order chi connectivity index (χ0) is 20.8. The lowest BCUT2D eigenvalue weighted by Crippen LogP contribution is -2.43. The monoisotopic (exact) mass is 416 g/mol. The number of ether oxygens (including phenoxy) is 1. The van der Waals surface area contributed by atoms with Gasteiger partial charge in [-0.3, -0.25) is 9.59 Å². The normalized spacial score (nSPS) is 15.0. The van der Waals surface area contributed by atoms with Crippen molar-refractivity contribution in [2.75, 3.05) is 32.6 Å². The van der Waals surface area contributed by atoms with Crippen molar-refractivity contribution in [3.63, 3.8) is 0 Å². The second-order valence-corrected chi connectivity index (χ2v) is 7.56. The molecule has 1 fully saturated rings. The third-order valence-corrected chi connectivity index (χ3v) is 5.21. The Hall–Kier alpha value is -2.64. The number of carbonyl (C=O) groups excluding carboxylic acids is 2. The standard InChI is InChI=1S/C21H25ClN4O3/c1-26-10-8-15(9-11-26)24-21(28)16-4-3-5-18(29-2)17(16)12-20(27)25-19-7-6-14(22)13-23-19/h3-7,13,15H,8-12H2,1-2H3,(H,24,28)(H,23,25,27). The molecule has 1 aliphatic rings. The number of anilines is 1. The summed E-state index contributed by atoms with van der Waals surface area (Å²) in [4.78, 5) is 31.8. The fourth-order valence-corrected chi connectivity index (χ4v) is 3.48.